The van der Waals surface area contributed by atoms with Crippen molar-refractivity contribution >= 4 is 31.9 Å². The van der Waals surface area contributed by atoms with Crippen LogP contribution in [0, 0.1) is 0 Å². The lowest BCUT2D eigenvalue weighted by Gasteiger charge is -2.22. The minimum Gasteiger partial charge on any atom is -0.240 e. The fourth-order valence-electron chi connectivity index (χ4n) is 1.05. The van der Waals surface area contributed by atoms with Crippen LogP contribution in [0.3, 0.4) is 0 Å². The Bertz CT molecular complexity index is 333. The number of aryl methyl sites for hydroxylation is 2. The highest BCUT2D eigenvalue weighted by Gasteiger charge is 2.51. The highest BCUT2D eigenvalue weighted by molar-refractivity contribution is 9.12. The van der Waals surface area contributed by atoms with Gasteiger partial charge in [-0.2, -0.15) is 8.78 Å². The Morgan fingerprint density at radius 3 is 2.33 bits per heavy atom. The van der Waals surface area contributed by atoms with E-state index in [2.05, 4.69) is 15.9 Å². The van der Waals surface area contributed by atoms with Gasteiger partial charge in [-0.3, -0.25) is 0 Å². The standard InChI is InChI=1S/C8H10Br2F3N2/c1-14-4-5-15(6-14)3-2-7(9,11)8(10,12)13/h4-6H,2-3H2,1H3/q+1. The van der Waals surface area contributed by atoms with Crippen molar-refractivity contribution < 1.29 is 17.7 Å². The topological polar surface area (TPSA) is 8.81 Å². The van der Waals surface area contributed by atoms with Gasteiger partial charge in [-0.25, -0.2) is 13.5 Å². The van der Waals surface area contributed by atoms with E-state index in [0.29, 0.717) is 0 Å². The second-order valence-corrected chi connectivity index (χ2v) is 5.52. The van der Waals surface area contributed by atoms with E-state index < -0.39 is 9.41 Å². The molecule has 0 bridgehead atoms. The fraction of sp³-hybridized carbons (Fsp3) is 0.625. The summed E-state index contributed by atoms with van der Waals surface area (Å²) in [7, 11) is 1.80. The molecule has 0 saturated carbocycles. The van der Waals surface area contributed by atoms with Gasteiger partial charge in [0.15, 0.2) is 0 Å². The summed E-state index contributed by atoms with van der Waals surface area (Å²) in [5.41, 5.74) is 0. The molecule has 0 radical (unpaired) electrons. The zero-order valence-corrected chi connectivity index (χ0v) is 11.1. The van der Waals surface area contributed by atoms with Crippen LogP contribution in [0.2, 0.25) is 0 Å². The first-order valence-corrected chi connectivity index (χ1v) is 5.76. The molecular weight excluding hydrogens is 341 g/mol. The Morgan fingerprint density at radius 1 is 1.33 bits per heavy atom. The van der Waals surface area contributed by atoms with Gasteiger partial charge in [0.05, 0.1) is 13.6 Å². The van der Waals surface area contributed by atoms with Crippen LogP contribution in [0.15, 0.2) is 18.7 Å². The molecule has 86 valence electrons. The minimum atomic E-state index is -3.57. The van der Waals surface area contributed by atoms with Crippen molar-refractivity contribution in [2.24, 2.45) is 7.05 Å². The smallest absolute Gasteiger partial charge is 0.240 e. The summed E-state index contributed by atoms with van der Waals surface area (Å²) < 4.78 is 39.4. The average molecular weight is 351 g/mol. The lowest BCUT2D eigenvalue weighted by Crippen LogP contribution is -2.34. The van der Waals surface area contributed by atoms with Crippen molar-refractivity contribution in [1.82, 2.24) is 4.57 Å². The third-order valence-electron chi connectivity index (χ3n) is 1.92. The molecule has 0 amide bonds. The summed E-state index contributed by atoms with van der Waals surface area (Å²) in [6.45, 7) is 0.170. The summed E-state index contributed by atoms with van der Waals surface area (Å²) >= 11 is 4.39. The maximum absolute atomic E-state index is 13.4. The van der Waals surface area contributed by atoms with Gasteiger partial charge in [0.1, 0.15) is 12.4 Å². The van der Waals surface area contributed by atoms with Crippen LogP contribution in [0.25, 0.3) is 0 Å². The van der Waals surface area contributed by atoms with E-state index in [0.717, 1.165) is 0 Å². The van der Waals surface area contributed by atoms with E-state index in [9.17, 15) is 13.2 Å². The Hall–Kier alpha value is -0.0400. The second kappa shape index (κ2) is 4.45. The maximum atomic E-state index is 13.4. The predicted octanol–water partition coefficient (Wildman–Crippen LogP) is 2.75. The molecule has 1 atom stereocenters. The largest absolute Gasteiger partial charge is 0.344 e. The van der Waals surface area contributed by atoms with Crippen molar-refractivity contribution in [3.63, 3.8) is 0 Å². The van der Waals surface area contributed by atoms with Gasteiger partial charge in [-0.05, 0) is 31.9 Å². The van der Waals surface area contributed by atoms with Gasteiger partial charge in [-0.1, -0.05) is 0 Å². The SMILES string of the molecule is C[n+]1ccn(CCC(F)(Br)C(F)(F)Br)c1. The molecule has 1 unspecified atom stereocenters. The number of hydrogen-bond acceptors (Lipinski definition) is 0. The predicted molar refractivity (Wildman–Crippen MR) is 56.9 cm³/mol. The Kier molecular flexibility index (Phi) is 3.86. The van der Waals surface area contributed by atoms with E-state index in [4.69, 9.17) is 0 Å². The fourth-order valence-corrected chi connectivity index (χ4v) is 1.42. The number of halogens is 5. The highest BCUT2D eigenvalue weighted by Crippen LogP contribution is 2.45. The third kappa shape index (κ3) is 3.48. The number of imidazole rings is 1. The van der Waals surface area contributed by atoms with Crippen molar-refractivity contribution in [1.29, 1.82) is 0 Å². The highest BCUT2D eigenvalue weighted by atomic mass is 79.9. The van der Waals surface area contributed by atoms with Gasteiger partial charge in [0.2, 0.25) is 10.9 Å². The maximum Gasteiger partial charge on any atom is 0.344 e. The van der Waals surface area contributed by atoms with E-state index in [1.165, 1.54) is 0 Å². The Balaban J connectivity index is 2.57. The number of nitrogens with zero attached hydrogens (tertiary/aromatic N) is 2. The second-order valence-electron chi connectivity index (χ2n) is 3.27. The van der Waals surface area contributed by atoms with Crippen molar-refractivity contribution in [2.45, 2.75) is 22.4 Å². The van der Waals surface area contributed by atoms with E-state index in [-0.39, 0.29) is 13.0 Å². The van der Waals surface area contributed by atoms with Crippen LogP contribution in [-0.4, -0.2) is 14.0 Å². The molecule has 0 saturated heterocycles. The van der Waals surface area contributed by atoms with Crippen LogP contribution in [0.4, 0.5) is 13.2 Å². The number of alkyl halides is 5. The molecular formula is C8H10Br2F3N2+. The molecule has 1 aromatic heterocycles. The molecule has 0 aliphatic heterocycles. The molecule has 2 nitrogen and oxygen atoms in total. The lowest BCUT2D eigenvalue weighted by atomic mass is 10.3. The van der Waals surface area contributed by atoms with Gasteiger partial charge in [-0.15, -0.1) is 0 Å². The molecule has 0 fully saturated rings. The third-order valence-corrected chi connectivity index (χ3v) is 3.98. The first-order chi connectivity index (χ1) is 6.72. The molecule has 7 heteroatoms. The van der Waals surface area contributed by atoms with Crippen molar-refractivity contribution in [3.05, 3.63) is 18.7 Å². The molecule has 0 N–H and O–H groups in total. The van der Waals surface area contributed by atoms with Gasteiger partial charge in [0, 0.05) is 6.42 Å². The molecule has 0 spiro atoms. The van der Waals surface area contributed by atoms with E-state index >= 15 is 0 Å². The Morgan fingerprint density at radius 2 is 1.93 bits per heavy atom. The number of hydrogen-bond donors (Lipinski definition) is 0. The van der Waals surface area contributed by atoms with Crippen LogP contribution in [0.1, 0.15) is 6.42 Å². The monoisotopic (exact) mass is 349 g/mol. The normalized spacial score (nSPS) is 16.4. The molecule has 1 aromatic rings. The van der Waals surface area contributed by atoms with Gasteiger partial charge in [0.25, 0.3) is 0 Å². The number of aromatic nitrogens is 2. The van der Waals surface area contributed by atoms with E-state index in [1.54, 1.807) is 34.9 Å². The zero-order valence-electron chi connectivity index (χ0n) is 7.93. The molecule has 0 aliphatic rings. The zero-order chi connectivity index (χ0) is 11.7. The summed E-state index contributed by atoms with van der Waals surface area (Å²) in [5.74, 6) is 0. The van der Waals surface area contributed by atoms with Gasteiger partial charge < -0.3 is 0 Å². The summed E-state index contributed by atoms with van der Waals surface area (Å²) in [6, 6.07) is 0. The molecule has 1 rings (SSSR count). The number of rotatable bonds is 4. The lowest BCUT2D eigenvalue weighted by molar-refractivity contribution is -0.671. The van der Waals surface area contributed by atoms with E-state index in [1.807, 2.05) is 15.9 Å². The first-order valence-electron chi connectivity index (χ1n) is 4.18. The average Bonchev–Trinajstić information content (AvgIpc) is 2.46. The molecule has 0 aliphatic carbocycles. The Labute approximate surface area is 102 Å². The summed E-state index contributed by atoms with van der Waals surface area (Å²) in [5, 5.41) is 0. The summed E-state index contributed by atoms with van der Waals surface area (Å²) in [4.78, 5) is -3.57. The van der Waals surface area contributed by atoms with Crippen molar-refractivity contribution in [3.8, 4) is 0 Å². The molecule has 15 heavy (non-hydrogen) atoms. The summed E-state index contributed by atoms with van der Waals surface area (Å²) in [6.07, 6.45) is 4.80. The van der Waals surface area contributed by atoms with Crippen LogP contribution >= 0.6 is 31.9 Å². The van der Waals surface area contributed by atoms with Crippen molar-refractivity contribution in [2.75, 3.05) is 0 Å². The first kappa shape index (κ1) is 13.0. The van der Waals surface area contributed by atoms with Crippen LogP contribution < -0.4 is 4.57 Å². The van der Waals surface area contributed by atoms with Crippen LogP contribution in [0.5, 0.6) is 0 Å². The minimum absolute atomic E-state index is 0.170. The quantitative estimate of drug-likeness (QED) is 0.583. The van der Waals surface area contributed by atoms with Crippen LogP contribution in [-0.2, 0) is 13.6 Å². The van der Waals surface area contributed by atoms with Gasteiger partial charge >= 0.3 is 4.83 Å². The molecule has 0 aromatic carbocycles. The molecule has 1 heterocycles.